The highest BCUT2D eigenvalue weighted by Crippen LogP contribution is 2.49. The SMILES string of the molecule is CCCCCCC(C)(C)C(CC(C)(CC)CCCC)c1ccc(-n2c3cnccc3c3ccncc32)cc1. The molecule has 0 radical (unpaired) electrons. The molecule has 0 aliphatic heterocycles. The lowest BCUT2D eigenvalue weighted by Crippen LogP contribution is -2.29. The Morgan fingerprint density at radius 3 is 1.87 bits per heavy atom. The number of nitrogens with zero attached hydrogens (tertiary/aromatic N) is 3. The fourth-order valence-corrected chi connectivity index (χ4v) is 6.39. The van der Waals surface area contributed by atoms with Crippen molar-refractivity contribution in [1.82, 2.24) is 14.5 Å². The van der Waals surface area contributed by atoms with E-state index in [1.807, 2.05) is 24.8 Å². The van der Waals surface area contributed by atoms with E-state index >= 15 is 0 Å². The van der Waals surface area contributed by atoms with Crippen molar-refractivity contribution in [2.24, 2.45) is 10.8 Å². The lowest BCUT2D eigenvalue weighted by molar-refractivity contribution is 0.155. The molecule has 204 valence electrons. The quantitative estimate of drug-likeness (QED) is 0.158. The van der Waals surface area contributed by atoms with Gasteiger partial charge in [-0.2, -0.15) is 0 Å². The minimum atomic E-state index is 0.262. The maximum atomic E-state index is 4.45. The van der Waals surface area contributed by atoms with Crippen LogP contribution in [0.2, 0.25) is 0 Å². The predicted octanol–water partition coefficient (Wildman–Crippen LogP) is 10.7. The van der Waals surface area contributed by atoms with Gasteiger partial charge < -0.3 is 4.57 Å². The van der Waals surface area contributed by atoms with Gasteiger partial charge in [-0.05, 0) is 65.8 Å². The molecule has 0 fully saturated rings. The predicted molar refractivity (Wildman–Crippen MR) is 164 cm³/mol. The standard InChI is InChI=1S/C35H49N3/c1-7-10-12-13-20-34(4,5)31(24-35(6,9-3)21-11-8-2)27-14-16-28(17-15-27)38-32-25-36-22-18-29(32)30-19-23-37-26-33(30)38/h14-19,22-23,25-26,31H,7-13,20-21,24H2,1-6H3. The van der Waals surface area contributed by atoms with E-state index in [0.717, 1.165) is 11.0 Å². The molecule has 2 atom stereocenters. The van der Waals surface area contributed by atoms with Crippen molar-refractivity contribution in [3.63, 3.8) is 0 Å². The van der Waals surface area contributed by atoms with Crippen molar-refractivity contribution < 1.29 is 0 Å². The summed E-state index contributed by atoms with van der Waals surface area (Å²) >= 11 is 0. The Bertz CT molecular complexity index is 1250. The van der Waals surface area contributed by atoms with Gasteiger partial charge in [0, 0.05) is 28.9 Å². The van der Waals surface area contributed by atoms with Gasteiger partial charge in [-0.3, -0.25) is 9.97 Å². The molecule has 38 heavy (non-hydrogen) atoms. The van der Waals surface area contributed by atoms with Gasteiger partial charge in [-0.25, -0.2) is 0 Å². The topological polar surface area (TPSA) is 30.7 Å². The Hall–Kier alpha value is -2.68. The molecule has 4 aromatic rings. The van der Waals surface area contributed by atoms with Gasteiger partial charge in [0.05, 0.1) is 23.4 Å². The number of pyridine rings is 2. The van der Waals surface area contributed by atoms with E-state index < -0.39 is 0 Å². The molecule has 3 heterocycles. The van der Waals surface area contributed by atoms with Crippen LogP contribution in [0.15, 0.2) is 61.2 Å². The highest BCUT2D eigenvalue weighted by molar-refractivity contribution is 6.08. The molecule has 0 spiro atoms. The van der Waals surface area contributed by atoms with Crippen molar-refractivity contribution in [3.8, 4) is 5.69 Å². The Kier molecular flexibility index (Phi) is 9.28. The summed E-state index contributed by atoms with van der Waals surface area (Å²) < 4.78 is 2.32. The number of aromatic nitrogens is 3. The smallest absolute Gasteiger partial charge is 0.0725 e. The summed E-state index contributed by atoms with van der Waals surface area (Å²) in [5.74, 6) is 0.543. The Morgan fingerprint density at radius 1 is 0.711 bits per heavy atom. The van der Waals surface area contributed by atoms with Gasteiger partial charge >= 0.3 is 0 Å². The van der Waals surface area contributed by atoms with Crippen LogP contribution in [0.5, 0.6) is 0 Å². The summed E-state index contributed by atoms with van der Waals surface area (Å²) in [4.78, 5) is 8.89. The van der Waals surface area contributed by atoms with Crippen molar-refractivity contribution >= 4 is 21.8 Å². The highest BCUT2D eigenvalue weighted by atomic mass is 15.0. The second-order valence-corrected chi connectivity index (χ2v) is 12.5. The molecule has 0 saturated carbocycles. The van der Waals surface area contributed by atoms with Crippen LogP contribution in [0.25, 0.3) is 27.5 Å². The maximum absolute atomic E-state index is 4.45. The lowest BCUT2D eigenvalue weighted by Gasteiger charge is -2.41. The maximum Gasteiger partial charge on any atom is 0.0725 e. The van der Waals surface area contributed by atoms with E-state index in [4.69, 9.17) is 0 Å². The van der Waals surface area contributed by atoms with Crippen molar-refractivity contribution in [2.45, 2.75) is 112 Å². The average molecular weight is 512 g/mol. The second kappa shape index (κ2) is 12.5. The Balaban J connectivity index is 1.71. The fourth-order valence-electron chi connectivity index (χ4n) is 6.39. The summed E-state index contributed by atoms with van der Waals surface area (Å²) in [6, 6.07) is 13.7. The molecule has 0 aliphatic carbocycles. The molecule has 0 N–H and O–H groups in total. The van der Waals surface area contributed by atoms with Gasteiger partial charge in [-0.1, -0.05) is 98.6 Å². The third kappa shape index (κ3) is 6.14. The lowest BCUT2D eigenvalue weighted by atomic mass is 9.63. The first-order valence-corrected chi connectivity index (χ1v) is 15.1. The number of rotatable bonds is 14. The van der Waals surface area contributed by atoms with Gasteiger partial charge in [0.1, 0.15) is 0 Å². The van der Waals surface area contributed by atoms with Gasteiger partial charge in [-0.15, -0.1) is 0 Å². The normalized spacial score (nSPS) is 14.7. The first kappa shape index (κ1) is 28.3. The number of fused-ring (bicyclic) bond motifs is 3. The molecule has 1 aromatic carbocycles. The molecule has 0 amide bonds. The minimum Gasteiger partial charge on any atom is -0.306 e. The average Bonchev–Trinajstić information content (AvgIpc) is 3.27. The molecule has 0 aliphatic rings. The summed E-state index contributed by atoms with van der Waals surface area (Å²) in [6.45, 7) is 14.6. The number of hydrogen-bond donors (Lipinski definition) is 0. The minimum absolute atomic E-state index is 0.262. The zero-order valence-electron chi connectivity index (χ0n) is 24.8. The number of hydrogen-bond acceptors (Lipinski definition) is 2. The molecule has 3 nitrogen and oxygen atoms in total. The van der Waals surface area contributed by atoms with Gasteiger partial charge in [0.25, 0.3) is 0 Å². The molecule has 2 unspecified atom stereocenters. The van der Waals surface area contributed by atoms with Crippen LogP contribution in [-0.4, -0.2) is 14.5 Å². The van der Waals surface area contributed by atoms with E-state index in [1.54, 1.807) is 0 Å². The third-order valence-corrected chi connectivity index (χ3v) is 9.23. The summed E-state index contributed by atoms with van der Waals surface area (Å²) in [6.07, 6.45) is 20.7. The van der Waals surface area contributed by atoms with E-state index in [1.165, 1.54) is 86.2 Å². The number of unbranched alkanes of at least 4 members (excludes halogenated alkanes) is 4. The van der Waals surface area contributed by atoms with Crippen LogP contribution in [0.1, 0.15) is 117 Å². The molecule has 0 bridgehead atoms. The van der Waals surface area contributed by atoms with E-state index in [2.05, 4.69) is 92.5 Å². The Labute approximate surface area is 231 Å². The van der Waals surface area contributed by atoms with Crippen LogP contribution < -0.4 is 0 Å². The number of benzene rings is 1. The summed E-state index contributed by atoms with van der Waals surface area (Å²) in [7, 11) is 0. The van der Waals surface area contributed by atoms with Crippen LogP contribution in [-0.2, 0) is 0 Å². The van der Waals surface area contributed by atoms with Crippen LogP contribution >= 0.6 is 0 Å². The van der Waals surface area contributed by atoms with Crippen molar-refractivity contribution in [2.75, 3.05) is 0 Å². The third-order valence-electron chi connectivity index (χ3n) is 9.23. The van der Waals surface area contributed by atoms with Gasteiger partial charge in [0.2, 0.25) is 0 Å². The highest BCUT2D eigenvalue weighted by Gasteiger charge is 2.36. The molecule has 3 heteroatoms. The van der Waals surface area contributed by atoms with Crippen molar-refractivity contribution in [1.29, 1.82) is 0 Å². The van der Waals surface area contributed by atoms with E-state index in [9.17, 15) is 0 Å². The van der Waals surface area contributed by atoms with Crippen molar-refractivity contribution in [3.05, 3.63) is 66.7 Å². The molecular weight excluding hydrogens is 462 g/mol. The van der Waals surface area contributed by atoms with Crippen LogP contribution in [0.3, 0.4) is 0 Å². The molecule has 3 aromatic heterocycles. The first-order chi connectivity index (χ1) is 18.3. The van der Waals surface area contributed by atoms with E-state index in [-0.39, 0.29) is 5.41 Å². The Morgan fingerprint density at radius 2 is 1.32 bits per heavy atom. The zero-order valence-corrected chi connectivity index (χ0v) is 24.8. The second-order valence-electron chi connectivity index (χ2n) is 12.5. The zero-order chi connectivity index (χ0) is 27.2. The summed E-state index contributed by atoms with van der Waals surface area (Å²) in [5.41, 5.74) is 5.58. The summed E-state index contributed by atoms with van der Waals surface area (Å²) in [5, 5.41) is 2.45. The van der Waals surface area contributed by atoms with E-state index in [0.29, 0.717) is 11.3 Å². The van der Waals surface area contributed by atoms with Crippen LogP contribution in [0.4, 0.5) is 0 Å². The molecule has 4 rings (SSSR count). The molecular formula is C35H49N3. The fraction of sp³-hybridized carbons (Fsp3) is 0.543. The van der Waals surface area contributed by atoms with Crippen LogP contribution in [0, 0.1) is 10.8 Å². The monoisotopic (exact) mass is 511 g/mol. The largest absolute Gasteiger partial charge is 0.306 e. The molecule has 0 saturated heterocycles. The van der Waals surface area contributed by atoms with Gasteiger partial charge in [0.15, 0.2) is 0 Å². The first-order valence-electron chi connectivity index (χ1n) is 15.1.